The highest BCUT2D eigenvalue weighted by Gasteiger charge is 2.16. The summed E-state index contributed by atoms with van der Waals surface area (Å²) in [4.78, 5) is 12.7. The summed E-state index contributed by atoms with van der Waals surface area (Å²) in [5.74, 6) is -1.07. The lowest BCUT2D eigenvalue weighted by Gasteiger charge is -2.20. The zero-order valence-corrected chi connectivity index (χ0v) is 13.7. The normalized spacial score (nSPS) is 12.6. The van der Waals surface area contributed by atoms with Crippen molar-refractivity contribution in [2.24, 2.45) is 7.05 Å². The minimum Gasteiger partial charge on any atom is -0.480 e. The van der Waals surface area contributed by atoms with Crippen molar-refractivity contribution in [3.63, 3.8) is 0 Å². The van der Waals surface area contributed by atoms with E-state index in [-0.39, 0.29) is 5.82 Å². The van der Waals surface area contributed by atoms with Gasteiger partial charge in [-0.25, -0.2) is 4.39 Å². The van der Waals surface area contributed by atoms with E-state index in [1.165, 1.54) is 12.1 Å². The lowest BCUT2D eigenvalue weighted by molar-refractivity contribution is -0.142. The predicted molar refractivity (Wildman–Crippen MR) is 86.7 cm³/mol. The SMILES string of the molecule is CC(C(=O)O)N(C)CCCc1cc(-c2ccc(F)cc2)n(C)n1. The standard InChI is InChI=1S/C17H22FN3O2/c1-12(17(22)23)20(2)10-4-5-15-11-16(21(3)19-15)13-6-8-14(18)9-7-13/h6-9,11-12H,4-5,10H2,1-3H3,(H,22,23). The van der Waals surface area contributed by atoms with Gasteiger partial charge in [0.1, 0.15) is 11.9 Å². The molecule has 6 heteroatoms. The Morgan fingerprint density at radius 1 is 1.39 bits per heavy atom. The number of halogens is 1. The molecule has 0 aliphatic carbocycles. The third-order valence-corrected chi connectivity index (χ3v) is 4.03. The molecule has 0 saturated heterocycles. The van der Waals surface area contributed by atoms with Crippen LogP contribution in [-0.4, -0.2) is 45.4 Å². The quantitative estimate of drug-likeness (QED) is 0.852. The number of nitrogens with zero attached hydrogens (tertiary/aromatic N) is 3. The van der Waals surface area contributed by atoms with Crippen molar-refractivity contribution in [3.8, 4) is 11.3 Å². The van der Waals surface area contributed by atoms with E-state index in [9.17, 15) is 9.18 Å². The van der Waals surface area contributed by atoms with Crippen LogP contribution in [0.2, 0.25) is 0 Å². The van der Waals surface area contributed by atoms with Gasteiger partial charge in [0.05, 0.1) is 11.4 Å². The van der Waals surface area contributed by atoms with Crippen molar-refractivity contribution in [1.82, 2.24) is 14.7 Å². The van der Waals surface area contributed by atoms with Crippen LogP contribution in [0.1, 0.15) is 19.0 Å². The van der Waals surface area contributed by atoms with Crippen LogP contribution >= 0.6 is 0 Å². The van der Waals surface area contributed by atoms with Gasteiger partial charge in [-0.15, -0.1) is 0 Å². The number of carbonyl (C=O) groups is 1. The van der Waals surface area contributed by atoms with E-state index in [0.717, 1.165) is 29.8 Å². The first-order chi connectivity index (χ1) is 10.9. The summed E-state index contributed by atoms with van der Waals surface area (Å²) in [5, 5.41) is 13.4. The van der Waals surface area contributed by atoms with Gasteiger partial charge in [-0.3, -0.25) is 14.4 Å². The van der Waals surface area contributed by atoms with Gasteiger partial charge in [0.15, 0.2) is 0 Å². The van der Waals surface area contributed by atoms with Gasteiger partial charge in [0.25, 0.3) is 0 Å². The number of hydrogen-bond acceptors (Lipinski definition) is 3. The van der Waals surface area contributed by atoms with Gasteiger partial charge in [-0.2, -0.15) is 5.10 Å². The first-order valence-electron chi connectivity index (χ1n) is 7.60. The lowest BCUT2D eigenvalue weighted by Crippen LogP contribution is -2.36. The number of likely N-dealkylation sites (N-methyl/N-ethyl adjacent to an activating group) is 1. The molecule has 2 rings (SSSR count). The molecular formula is C17H22FN3O2. The molecule has 1 N–H and O–H groups in total. The monoisotopic (exact) mass is 319 g/mol. The van der Waals surface area contributed by atoms with Crippen LogP contribution in [0.15, 0.2) is 30.3 Å². The van der Waals surface area contributed by atoms with Gasteiger partial charge >= 0.3 is 5.97 Å². The Hall–Kier alpha value is -2.21. The Labute approximate surface area is 135 Å². The number of carboxylic acids is 1. The van der Waals surface area contributed by atoms with E-state index in [1.54, 1.807) is 30.8 Å². The van der Waals surface area contributed by atoms with Crippen LogP contribution in [0, 0.1) is 5.82 Å². The molecule has 1 unspecified atom stereocenters. The summed E-state index contributed by atoms with van der Waals surface area (Å²) in [5.41, 5.74) is 2.81. The van der Waals surface area contributed by atoms with Crippen LogP contribution < -0.4 is 0 Å². The average molecular weight is 319 g/mol. The number of carboxylic acid groups (broad SMARTS) is 1. The summed E-state index contributed by atoms with van der Waals surface area (Å²) in [6.07, 6.45) is 1.60. The summed E-state index contributed by atoms with van der Waals surface area (Å²) < 4.78 is 14.8. The van der Waals surface area contributed by atoms with Crippen molar-refractivity contribution in [2.45, 2.75) is 25.8 Å². The van der Waals surface area contributed by atoms with Gasteiger partial charge in [0.2, 0.25) is 0 Å². The summed E-state index contributed by atoms with van der Waals surface area (Å²) in [6.45, 7) is 2.37. The van der Waals surface area contributed by atoms with Crippen molar-refractivity contribution < 1.29 is 14.3 Å². The van der Waals surface area contributed by atoms with Gasteiger partial charge in [0, 0.05) is 7.05 Å². The van der Waals surface area contributed by atoms with E-state index in [2.05, 4.69) is 5.10 Å². The maximum absolute atomic E-state index is 13.0. The molecule has 0 saturated carbocycles. The number of aromatic nitrogens is 2. The van der Waals surface area contributed by atoms with Gasteiger partial charge < -0.3 is 5.11 Å². The van der Waals surface area contributed by atoms with Crippen LogP contribution in [0.5, 0.6) is 0 Å². The number of aliphatic carboxylic acids is 1. The molecule has 0 amide bonds. The minimum atomic E-state index is -0.816. The Kier molecular flexibility index (Phi) is 5.50. The molecule has 23 heavy (non-hydrogen) atoms. The molecule has 124 valence electrons. The molecule has 0 aliphatic rings. The molecule has 1 heterocycles. The zero-order chi connectivity index (χ0) is 17.0. The topological polar surface area (TPSA) is 58.4 Å². The predicted octanol–water partition coefficient (Wildman–Crippen LogP) is 2.56. The van der Waals surface area contributed by atoms with E-state index in [4.69, 9.17) is 5.11 Å². The highest BCUT2D eigenvalue weighted by molar-refractivity contribution is 5.72. The third-order valence-electron chi connectivity index (χ3n) is 4.03. The fourth-order valence-corrected chi connectivity index (χ4v) is 2.43. The second kappa shape index (κ2) is 7.37. The highest BCUT2D eigenvalue weighted by atomic mass is 19.1. The number of hydrogen-bond donors (Lipinski definition) is 1. The Morgan fingerprint density at radius 2 is 2.04 bits per heavy atom. The molecule has 0 fully saturated rings. The van der Waals surface area contributed by atoms with Crippen molar-refractivity contribution >= 4 is 5.97 Å². The maximum atomic E-state index is 13.0. The van der Waals surface area contributed by atoms with Crippen LogP contribution in [0.3, 0.4) is 0 Å². The second-order valence-corrected chi connectivity index (χ2v) is 5.75. The Bertz CT molecular complexity index is 667. The summed E-state index contributed by atoms with van der Waals surface area (Å²) in [7, 11) is 3.67. The average Bonchev–Trinajstić information content (AvgIpc) is 2.88. The smallest absolute Gasteiger partial charge is 0.320 e. The van der Waals surface area contributed by atoms with Crippen LogP contribution in [0.25, 0.3) is 11.3 Å². The van der Waals surface area contributed by atoms with E-state index >= 15 is 0 Å². The lowest BCUT2D eigenvalue weighted by atomic mass is 10.1. The number of rotatable bonds is 7. The van der Waals surface area contributed by atoms with E-state index in [1.807, 2.05) is 18.0 Å². The number of benzene rings is 1. The highest BCUT2D eigenvalue weighted by Crippen LogP contribution is 2.20. The molecule has 5 nitrogen and oxygen atoms in total. The Morgan fingerprint density at radius 3 is 2.65 bits per heavy atom. The fourth-order valence-electron chi connectivity index (χ4n) is 2.43. The van der Waals surface area contributed by atoms with Crippen molar-refractivity contribution in [2.75, 3.05) is 13.6 Å². The molecule has 2 aromatic rings. The summed E-state index contributed by atoms with van der Waals surface area (Å²) >= 11 is 0. The second-order valence-electron chi connectivity index (χ2n) is 5.75. The van der Waals surface area contributed by atoms with E-state index in [0.29, 0.717) is 6.54 Å². The first-order valence-corrected chi connectivity index (χ1v) is 7.60. The van der Waals surface area contributed by atoms with Crippen molar-refractivity contribution in [1.29, 1.82) is 0 Å². The van der Waals surface area contributed by atoms with Gasteiger partial charge in [-0.05, 0) is 69.3 Å². The molecule has 0 radical (unpaired) electrons. The molecule has 0 spiro atoms. The molecule has 1 atom stereocenters. The van der Waals surface area contributed by atoms with E-state index < -0.39 is 12.0 Å². The maximum Gasteiger partial charge on any atom is 0.320 e. The molecule has 0 aliphatic heterocycles. The molecule has 1 aromatic heterocycles. The molecule has 0 bridgehead atoms. The molecular weight excluding hydrogens is 297 g/mol. The number of aryl methyl sites for hydroxylation is 2. The third kappa shape index (κ3) is 4.39. The zero-order valence-electron chi connectivity index (χ0n) is 13.7. The van der Waals surface area contributed by atoms with Crippen molar-refractivity contribution in [3.05, 3.63) is 41.8 Å². The first kappa shape index (κ1) is 17.1. The summed E-state index contributed by atoms with van der Waals surface area (Å²) in [6, 6.07) is 7.84. The Balaban J connectivity index is 1.96. The molecule has 1 aromatic carbocycles. The minimum absolute atomic E-state index is 0.258. The van der Waals surface area contributed by atoms with Gasteiger partial charge in [-0.1, -0.05) is 0 Å². The van der Waals surface area contributed by atoms with Crippen LogP contribution in [0.4, 0.5) is 4.39 Å². The van der Waals surface area contributed by atoms with Crippen LogP contribution in [-0.2, 0) is 18.3 Å². The fraction of sp³-hybridized carbons (Fsp3) is 0.412. The largest absolute Gasteiger partial charge is 0.480 e.